The van der Waals surface area contributed by atoms with Crippen molar-refractivity contribution in [2.24, 2.45) is 0 Å². The number of aromatic amines is 1. The van der Waals surface area contributed by atoms with Crippen molar-refractivity contribution >= 4 is 5.97 Å². The quantitative estimate of drug-likeness (QED) is 0.872. The molecule has 3 rings (SSSR count). The van der Waals surface area contributed by atoms with E-state index >= 15 is 0 Å². The smallest absolute Gasteiger partial charge is 0.355 e. The summed E-state index contributed by atoms with van der Waals surface area (Å²) in [5.74, 6) is 1.17. The monoisotopic (exact) mass is 273 g/mol. The van der Waals surface area contributed by atoms with E-state index in [2.05, 4.69) is 4.98 Å². The Morgan fingerprint density at radius 3 is 3.10 bits per heavy atom. The number of ether oxygens (including phenoxy) is 1. The summed E-state index contributed by atoms with van der Waals surface area (Å²) in [4.78, 5) is 15.2. The minimum Gasteiger partial charge on any atom is -0.469 e. The molecule has 0 fully saturated rings. The van der Waals surface area contributed by atoms with E-state index < -0.39 is 0 Å². The lowest BCUT2D eigenvalue weighted by Gasteiger charge is -2.20. The van der Waals surface area contributed by atoms with Crippen LogP contribution in [0.15, 0.2) is 22.8 Å². The fraction of sp³-hybridized carbons (Fsp3) is 0.438. The average Bonchev–Trinajstić information content (AvgIpc) is 3.07. The van der Waals surface area contributed by atoms with Gasteiger partial charge in [-0.25, -0.2) is 4.79 Å². The van der Waals surface area contributed by atoms with Crippen LogP contribution < -0.4 is 0 Å². The molecule has 1 aliphatic carbocycles. The van der Waals surface area contributed by atoms with Crippen LogP contribution >= 0.6 is 0 Å². The lowest BCUT2D eigenvalue weighted by Crippen LogP contribution is -2.11. The molecule has 1 unspecified atom stereocenters. The number of H-pyrrole nitrogens is 1. The third kappa shape index (κ3) is 2.15. The predicted octanol–water partition coefficient (Wildman–Crippen LogP) is 3.37. The molecule has 0 amide bonds. The zero-order valence-corrected chi connectivity index (χ0v) is 11.9. The largest absolute Gasteiger partial charge is 0.469 e. The van der Waals surface area contributed by atoms with Crippen molar-refractivity contribution in [3.8, 4) is 0 Å². The Hall–Kier alpha value is -1.97. The number of furan rings is 1. The van der Waals surface area contributed by atoms with Gasteiger partial charge in [0.25, 0.3) is 0 Å². The van der Waals surface area contributed by atoms with Gasteiger partial charge in [-0.3, -0.25) is 0 Å². The molecule has 0 aromatic carbocycles. The summed E-state index contributed by atoms with van der Waals surface area (Å²) in [6.07, 6.45) is 4.64. The summed E-state index contributed by atoms with van der Waals surface area (Å²) in [5.41, 5.74) is 4.07. The Balaban J connectivity index is 1.87. The average molecular weight is 273 g/mol. The molecular weight excluding hydrogens is 254 g/mol. The van der Waals surface area contributed by atoms with Crippen LogP contribution in [0.3, 0.4) is 0 Å². The maximum atomic E-state index is 11.9. The highest BCUT2D eigenvalue weighted by Gasteiger charge is 2.27. The number of hydrogen-bond donors (Lipinski definition) is 1. The number of fused-ring (bicyclic) bond motifs is 1. The number of hydrogen-bond acceptors (Lipinski definition) is 3. The fourth-order valence-corrected chi connectivity index (χ4v) is 3.05. The molecule has 0 aliphatic heterocycles. The molecule has 1 aliphatic rings. The number of carbonyl (C=O) groups is 1. The lowest BCUT2D eigenvalue weighted by molar-refractivity contribution is 0.0519. The second-order valence-corrected chi connectivity index (χ2v) is 5.26. The van der Waals surface area contributed by atoms with Crippen molar-refractivity contribution in [2.75, 3.05) is 6.61 Å². The molecule has 0 bridgehead atoms. The van der Waals surface area contributed by atoms with Crippen molar-refractivity contribution in [3.05, 3.63) is 46.7 Å². The summed E-state index contributed by atoms with van der Waals surface area (Å²) in [5, 5.41) is 0. The van der Waals surface area contributed by atoms with Gasteiger partial charge in [-0.2, -0.15) is 0 Å². The van der Waals surface area contributed by atoms with E-state index in [1.807, 2.05) is 26.0 Å². The number of carbonyl (C=O) groups excluding carboxylic acids is 1. The van der Waals surface area contributed by atoms with Crippen molar-refractivity contribution < 1.29 is 13.9 Å². The van der Waals surface area contributed by atoms with Gasteiger partial charge in [-0.05, 0) is 56.4 Å². The number of rotatable bonds is 3. The van der Waals surface area contributed by atoms with Gasteiger partial charge >= 0.3 is 5.97 Å². The van der Waals surface area contributed by atoms with Crippen LogP contribution in [0.2, 0.25) is 0 Å². The Morgan fingerprint density at radius 1 is 1.55 bits per heavy atom. The van der Waals surface area contributed by atoms with E-state index in [1.54, 1.807) is 6.26 Å². The molecule has 0 saturated carbocycles. The maximum absolute atomic E-state index is 11.9. The second kappa shape index (κ2) is 5.19. The van der Waals surface area contributed by atoms with Gasteiger partial charge in [0.1, 0.15) is 11.5 Å². The fourth-order valence-electron chi connectivity index (χ4n) is 3.05. The third-order valence-electron chi connectivity index (χ3n) is 4.09. The first kappa shape index (κ1) is 13.0. The number of esters is 1. The van der Waals surface area contributed by atoms with Crippen LogP contribution in [-0.4, -0.2) is 17.6 Å². The molecule has 0 spiro atoms. The first-order valence-electron chi connectivity index (χ1n) is 7.11. The van der Waals surface area contributed by atoms with Crippen molar-refractivity contribution in [1.82, 2.24) is 4.98 Å². The standard InChI is InChI=1S/C16H19NO3/c1-3-19-16(18)15-10(2)12-7-6-11(9-13(12)17-15)14-5-4-8-20-14/h4-5,8,11,17H,3,6-7,9H2,1-2H3. The third-order valence-corrected chi connectivity index (χ3v) is 4.09. The van der Waals surface area contributed by atoms with E-state index in [-0.39, 0.29) is 5.97 Å². The molecule has 1 N–H and O–H groups in total. The van der Waals surface area contributed by atoms with Crippen LogP contribution in [0.4, 0.5) is 0 Å². The van der Waals surface area contributed by atoms with Gasteiger partial charge in [-0.15, -0.1) is 0 Å². The Bertz CT molecular complexity index is 610. The molecule has 2 aromatic heterocycles. The molecule has 2 aromatic rings. The Morgan fingerprint density at radius 2 is 2.40 bits per heavy atom. The molecule has 0 saturated heterocycles. The van der Waals surface area contributed by atoms with Crippen molar-refractivity contribution in [3.63, 3.8) is 0 Å². The Labute approximate surface area is 118 Å². The van der Waals surface area contributed by atoms with Gasteiger partial charge in [0.15, 0.2) is 0 Å². The van der Waals surface area contributed by atoms with E-state index in [0.29, 0.717) is 18.2 Å². The van der Waals surface area contributed by atoms with E-state index in [4.69, 9.17) is 9.15 Å². The van der Waals surface area contributed by atoms with E-state index in [0.717, 1.165) is 36.3 Å². The minimum absolute atomic E-state index is 0.256. The first-order valence-corrected chi connectivity index (χ1v) is 7.11. The highest BCUT2D eigenvalue weighted by atomic mass is 16.5. The van der Waals surface area contributed by atoms with Crippen LogP contribution in [0.5, 0.6) is 0 Å². The summed E-state index contributed by atoms with van der Waals surface area (Å²) < 4.78 is 10.6. The highest BCUT2D eigenvalue weighted by molar-refractivity contribution is 5.89. The van der Waals surface area contributed by atoms with E-state index in [9.17, 15) is 4.79 Å². The second-order valence-electron chi connectivity index (χ2n) is 5.26. The summed E-state index contributed by atoms with van der Waals surface area (Å²) in [6.45, 7) is 4.22. The Kier molecular flexibility index (Phi) is 3.38. The normalized spacial score (nSPS) is 17.8. The molecule has 4 nitrogen and oxygen atoms in total. The zero-order chi connectivity index (χ0) is 14.1. The molecule has 106 valence electrons. The first-order chi connectivity index (χ1) is 9.70. The predicted molar refractivity (Wildman–Crippen MR) is 75.0 cm³/mol. The molecule has 0 radical (unpaired) electrons. The van der Waals surface area contributed by atoms with Gasteiger partial charge in [0.05, 0.1) is 12.9 Å². The molecule has 20 heavy (non-hydrogen) atoms. The highest BCUT2D eigenvalue weighted by Crippen LogP contribution is 2.35. The molecule has 2 heterocycles. The SMILES string of the molecule is CCOC(=O)c1[nH]c2c(c1C)CCC(c1ccco1)C2. The van der Waals surface area contributed by atoms with Crippen LogP contribution in [-0.2, 0) is 17.6 Å². The zero-order valence-electron chi connectivity index (χ0n) is 11.9. The number of aromatic nitrogens is 1. The summed E-state index contributed by atoms with van der Waals surface area (Å²) in [7, 11) is 0. The van der Waals surface area contributed by atoms with Crippen molar-refractivity contribution in [1.29, 1.82) is 0 Å². The molecule has 1 atom stereocenters. The van der Waals surface area contributed by atoms with Crippen LogP contribution in [0.1, 0.15) is 52.3 Å². The van der Waals surface area contributed by atoms with Gasteiger partial charge in [0.2, 0.25) is 0 Å². The minimum atomic E-state index is -0.256. The van der Waals surface area contributed by atoms with E-state index in [1.165, 1.54) is 5.56 Å². The van der Waals surface area contributed by atoms with Crippen molar-refractivity contribution in [2.45, 2.75) is 39.0 Å². The number of nitrogens with one attached hydrogen (secondary N) is 1. The van der Waals surface area contributed by atoms with Crippen LogP contribution in [0.25, 0.3) is 0 Å². The van der Waals surface area contributed by atoms with Gasteiger partial charge in [-0.1, -0.05) is 0 Å². The molecular formula is C16H19NO3. The van der Waals surface area contributed by atoms with Gasteiger partial charge < -0.3 is 14.1 Å². The van der Waals surface area contributed by atoms with Crippen LogP contribution in [0, 0.1) is 6.92 Å². The molecule has 4 heteroatoms. The summed E-state index contributed by atoms with van der Waals surface area (Å²) in [6, 6.07) is 3.95. The lowest BCUT2D eigenvalue weighted by atomic mass is 9.85. The summed E-state index contributed by atoms with van der Waals surface area (Å²) >= 11 is 0. The topological polar surface area (TPSA) is 55.2 Å². The van der Waals surface area contributed by atoms with Gasteiger partial charge in [0, 0.05) is 11.6 Å². The maximum Gasteiger partial charge on any atom is 0.355 e.